The molecular formula is C29H25ClF6N4O3. The minimum Gasteiger partial charge on any atom is -0.369 e. The maximum Gasteiger partial charge on any atom is 0.416 e. The molecule has 0 fully saturated rings. The van der Waals surface area contributed by atoms with Gasteiger partial charge in [0, 0.05) is 12.1 Å². The van der Waals surface area contributed by atoms with Crippen molar-refractivity contribution in [3.63, 3.8) is 0 Å². The second kappa shape index (κ2) is 12.5. The molecule has 0 saturated carbocycles. The van der Waals surface area contributed by atoms with Crippen LogP contribution in [0.1, 0.15) is 29.9 Å². The summed E-state index contributed by atoms with van der Waals surface area (Å²) in [5.74, 6) is -6.06. The molecule has 3 atom stereocenters. The minimum atomic E-state index is -4.69. The van der Waals surface area contributed by atoms with Gasteiger partial charge in [-0.2, -0.15) is 26.3 Å². The topological polar surface area (TPSA) is 105 Å². The number of halogens is 7. The number of carbonyl (C=O) groups excluding carboxylic acids is 3. The van der Waals surface area contributed by atoms with Gasteiger partial charge in [-0.3, -0.25) is 14.4 Å². The van der Waals surface area contributed by atoms with Crippen LogP contribution in [0.2, 0.25) is 5.02 Å². The van der Waals surface area contributed by atoms with Crippen molar-refractivity contribution < 1.29 is 40.7 Å². The average Bonchev–Trinajstić information content (AvgIpc) is 3.07. The lowest BCUT2D eigenvalue weighted by molar-refractivity contribution is -0.144. The van der Waals surface area contributed by atoms with E-state index in [1.165, 1.54) is 59.5 Å². The predicted octanol–water partition coefficient (Wildman–Crippen LogP) is 6.16. The van der Waals surface area contributed by atoms with Crippen molar-refractivity contribution in [1.82, 2.24) is 5.32 Å². The van der Waals surface area contributed by atoms with Gasteiger partial charge in [0.25, 0.3) is 0 Å². The molecule has 1 aliphatic rings. The summed E-state index contributed by atoms with van der Waals surface area (Å²) in [5.41, 5.74) is 5.05. The molecule has 3 aromatic carbocycles. The Morgan fingerprint density at radius 3 is 2.30 bits per heavy atom. The fourth-order valence-corrected chi connectivity index (χ4v) is 5.16. The van der Waals surface area contributed by atoms with E-state index in [2.05, 4.69) is 10.6 Å². The fourth-order valence-electron chi connectivity index (χ4n) is 4.94. The molecule has 14 heteroatoms. The highest BCUT2D eigenvalue weighted by Gasteiger charge is 2.40. The van der Waals surface area contributed by atoms with Gasteiger partial charge in [-0.1, -0.05) is 54.1 Å². The van der Waals surface area contributed by atoms with Crippen molar-refractivity contribution >= 4 is 46.4 Å². The Hall–Kier alpha value is -4.26. The number of primary amides is 1. The van der Waals surface area contributed by atoms with E-state index in [4.69, 9.17) is 17.3 Å². The summed E-state index contributed by atoms with van der Waals surface area (Å²) in [4.78, 5) is 40.7. The molecule has 0 aromatic heterocycles. The van der Waals surface area contributed by atoms with Gasteiger partial charge >= 0.3 is 12.4 Å². The number of rotatable bonds is 8. The van der Waals surface area contributed by atoms with Crippen LogP contribution in [0.3, 0.4) is 0 Å². The molecule has 3 aromatic rings. The van der Waals surface area contributed by atoms with Crippen molar-refractivity contribution in [3.8, 4) is 0 Å². The Balaban J connectivity index is 1.73. The van der Waals surface area contributed by atoms with E-state index >= 15 is 0 Å². The van der Waals surface area contributed by atoms with Gasteiger partial charge < -0.3 is 21.3 Å². The van der Waals surface area contributed by atoms with E-state index in [9.17, 15) is 40.7 Å². The van der Waals surface area contributed by atoms with Gasteiger partial charge in [-0.25, -0.2) is 0 Å². The summed E-state index contributed by atoms with van der Waals surface area (Å²) >= 11 is 6.30. The minimum absolute atomic E-state index is 0.00186. The number of fused-ring (bicyclic) bond motifs is 1. The first-order valence-electron chi connectivity index (χ1n) is 12.9. The van der Waals surface area contributed by atoms with Crippen molar-refractivity contribution in [3.05, 3.63) is 88.9 Å². The molecule has 3 amide bonds. The van der Waals surface area contributed by atoms with Crippen LogP contribution in [0.25, 0.3) is 0 Å². The van der Waals surface area contributed by atoms with E-state index in [-0.39, 0.29) is 27.6 Å². The monoisotopic (exact) mass is 626 g/mol. The van der Waals surface area contributed by atoms with E-state index in [0.717, 1.165) is 12.1 Å². The Kier molecular flexibility index (Phi) is 9.24. The molecule has 0 saturated heterocycles. The van der Waals surface area contributed by atoms with Crippen LogP contribution < -0.4 is 21.3 Å². The molecule has 0 spiro atoms. The molecule has 7 nitrogen and oxygen atoms in total. The standard InChI is InChI=1S/C29H25ClF6N4O3/c30-20-10-5-11-22-24(20)39-27(43)21(15-40(22)18-9-4-8-17(14-18)29(34,35)36)38-26(42)19(12-13-28(31,32)33)23(25(37)41)16-6-2-1-3-7-16/h1-11,14,19,21,23H,12-13,15H2,(H2,37,41)(H,38,42)(H,39,43)/t19-,21+,23+/m1/s1. The quantitative estimate of drug-likeness (QED) is 0.261. The summed E-state index contributed by atoms with van der Waals surface area (Å²) < 4.78 is 80.4. The lowest BCUT2D eigenvalue weighted by atomic mass is 9.81. The Morgan fingerprint density at radius 1 is 1.00 bits per heavy atom. The fraction of sp³-hybridized carbons (Fsp3) is 0.276. The van der Waals surface area contributed by atoms with Crippen molar-refractivity contribution in [1.29, 1.82) is 0 Å². The van der Waals surface area contributed by atoms with Crippen LogP contribution in [0.5, 0.6) is 0 Å². The second-order valence-corrected chi connectivity index (χ2v) is 10.3. The summed E-state index contributed by atoms with van der Waals surface area (Å²) in [6.07, 6.45) is -11.6. The largest absolute Gasteiger partial charge is 0.416 e. The van der Waals surface area contributed by atoms with Crippen LogP contribution in [0.15, 0.2) is 72.8 Å². The van der Waals surface area contributed by atoms with E-state index in [1.807, 2.05) is 0 Å². The van der Waals surface area contributed by atoms with Crippen molar-refractivity contribution in [2.75, 3.05) is 16.8 Å². The highest BCUT2D eigenvalue weighted by Crippen LogP contribution is 2.41. The van der Waals surface area contributed by atoms with E-state index < -0.39 is 72.9 Å². The molecular weight excluding hydrogens is 602 g/mol. The number of hydrogen-bond acceptors (Lipinski definition) is 4. The molecule has 4 rings (SSSR count). The van der Waals surface area contributed by atoms with Crippen LogP contribution in [0, 0.1) is 5.92 Å². The zero-order valence-electron chi connectivity index (χ0n) is 22.2. The first kappa shape index (κ1) is 31.7. The number of alkyl halides is 6. The number of nitrogens with zero attached hydrogens (tertiary/aromatic N) is 1. The van der Waals surface area contributed by atoms with Crippen LogP contribution in [-0.2, 0) is 20.6 Å². The third kappa shape index (κ3) is 7.58. The number of benzene rings is 3. The molecule has 1 heterocycles. The Bertz CT molecular complexity index is 1500. The highest BCUT2D eigenvalue weighted by atomic mass is 35.5. The third-order valence-electron chi connectivity index (χ3n) is 6.96. The summed E-state index contributed by atoms with van der Waals surface area (Å²) in [7, 11) is 0. The Labute approximate surface area is 247 Å². The number of anilines is 3. The smallest absolute Gasteiger partial charge is 0.369 e. The van der Waals surface area contributed by atoms with Crippen molar-refractivity contribution in [2.45, 2.75) is 37.2 Å². The van der Waals surface area contributed by atoms with Gasteiger partial charge in [0.1, 0.15) is 6.04 Å². The summed E-state index contributed by atoms with van der Waals surface area (Å²) in [6, 6.07) is 14.7. The lowest BCUT2D eigenvalue weighted by Gasteiger charge is -2.30. The van der Waals surface area contributed by atoms with E-state index in [1.54, 1.807) is 6.07 Å². The van der Waals surface area contributed by atoms with Gasteiger partial charge in [-0.05, 0) is 42.3 Å². The highest BCUT2D eigenvalue weighted by molar-refractivity contribution is 6.34. The predicted molar refractivity (Wildman–Crippen MR) is 148 cm³/mol. The normalized spacial score (nSPS) is 16.9. The van der Waals surface area contributed by atoms with Crippen LogP contribution in [-0.4, -0.2) is 36.5 Å². The molecule has 0 aliphatic carbocycles. The van der Waals surface area contributed by atoms with Gasteiger partial charge in [-0.15, -0.1) is 0 Å². The number of amides is 3. The number of carbonyl (C=O) groups is 3. The molecule has 0 radical (unpaired) electrons. The average molecular weight is 627 g/mol. The zero-order valence-corrected chi connectivity index (χ0v) is 22.9. The number of para-hydroxylation sites is 1. The summed E-state index contributed by atoms with van der Waals surface area (Å²) in [5, 5.41) is 5.02. The SMILES string of the molecule is NC(=O)[C@@H](c1ccccc1)[C@@H](CCC(F)(F)F)C(=O)N[C@H]1CN(c2cccc(C(F)(F)F)c2)c2cccc(Cl)c2NC1=O. The maximum atomic E-state index is 13.6. The third-order valence-corrected chi connectivity index (χ3v) is 7.27. The first-order chi connectivity index (χ1) is 20.2. The first-order valence-corrected chi connectivity index (χ1v) is 13.3. The number of nitrogens with two attached hydrogens (primary N) is 1. The molecule has 1 aliphatic heterocycles. The van der Waals surface area contributed by atoms with Crippen molar-refractivity contribution in [2.24, 2.45) is 11.7 Å². The van der Waals surface area contributed by atoms with Gasteiger partial charge in [0.05, 0.1) is 40.3 Å². The second-order valence-electron chi connectivity index (χ2n) is 9.89. The molecule has 4 N–H and O–H groups in total. The molecule has 228 valence electrons. The van der Waals surface area contributed by atoms with Crippen LogP contribution in [0.4, 0.5) is 43.4 Å². The van der Waals surface area contributed by atoms with E-state index in [0.29, 0.717) is 0 Å². The maximum absolute atomic E-state index is 13.6. The lowest BCUT2D eigenvalue weighted by Crippen LogP contribution is -2.51. The number of hydrogen-bond donors (Lipinski definition) is 3. The van der Waals surface area contributed by atoms with Gasteiger partial charge in [0.15, 0.2) is 0 Å². The number of nitrogens with one attached hydrogen (secondary N) is 2. The van der Waals surface area contributed by atoms with Gasteiger partial charge in [0.2, 0.25) is 17.7 Å². The summed E-state index contributed by atoms with van der Waals surface area (Å²) in [6.45, 7) is -0.426. The van der Waals surface area contributed by atoms with Crippen LogP contribution >= 0.6 is 11.6 Å². The molecule has 43 heavy (non-hydrogen) atoms. The molecule has 0 bridgehead atoms. The zero-order chi connectivity index (χ0) is 31.5. The molecule has 0 unspecified atom stereocenters. The Morgan fingerprint density at radius 2 is 1.67 bits per heavy atom.